The van der Waals surface area contributed by atoms with Crippen LogP contribution in [-0.2, 0) is 52.5 Å². The van der Waals surface area contributed by atoms with Crippen LogP contribution in [0.25, 0.3) is 56.5 Å². The van der Waals surface area contributed by atoms with Crippen LogP contribution in [0.4, 0.5) is 26.3 Å². The maximum absolute atomic E-state index is 13.9. The molecule has 0 aliphatic heterocycles. The van der Waals surface area contributed by atoms with Gasteiger partial charge in [-0.25, -0.2) is 85.2 Å². The molecule has 0 saturated carbocycles. The number of aliphatic carboxylic acids is 1. The third-order valence-electron chi connectivity index (χ3n) is 15.1. The molecule has 0 unspecified atom stereocenters. The Labute approximate surface area is 895 Å². The van der Waals surface area contributed by atoms with Crippen LogP contribution in [0.15, 0.2) is 164 Å². The minimum Gasteiger partial charge on any atom is -0.546 e. The number of esters is 5. The molecule has 6 aromatic carbocycles. The zero-order valence-electron chi connectivity index (χ0n) is 73.5. The minimum atomic E-state index is -1.42. The largest absolute Gasteiger partial charge is 1.00 e. The number of hydrogen-bond acceptors (Lipinski definition) is 34. The second-order valence-electron chi connectivity index (χ2n) is 25.2. The molecule has 1 N–H and O–H groups in total. The van der Waals surface area contributed by atoms with Crippen molar-refractivity contribution in [2.75, 3.05) is 72.7 Å². The summed E-state index contributed by atoms with van der Waals surface area (Å²) >= 11 is 77.9. The van der Waals surface area contributed by atoms with Gasteiger partial charge in [0.25, 0.3) is 0 Å². The average molecular weight is 2260 g/mol. The van der Waals surface area contributed by atoms with Crippen LogP contribution in [0.1, 0.15) is 34.6 Å². The predicted molar refractivity (Wildman–Crippen MR) is 507 cm³/mol. The number of nitrogens with zero attached hydrogens (tertiary/aromatic N) is 14. The molecule has 0 aliphatic rings. The Balaban J connectivity index is 0.000000293. The quantitative estimate of drug-likeness (QED) is 0.0109. The molecule has 1 radical (unpaired) electrons. The number of carbonyl (C=O) groups excluding carboxylic acids is 6. The molecule has 142 heavy (non-hydrogen) atoms. The Bertz CT molecular complexity index is 6120. The summed E-state index contributed by atoms with van der Waals surface area (Å²) in [5, 5.41) is 19.7. The van der Waals surface area contributed by atoms with Gasteiger partial charge in [-0.2, -0.15) is 34.9 Å². The molecule has 0 spiro atoms. The predicted octanol–water partition coefficient (Wildman–Crippen LogP) is 17.1. The Morgan fingerprint density at radius 3 is 0.852 bits per heavy atom. The van der Waals surface area contributed by atoms with Crippen LogP contribution < -0.4 is 67.7 Å². The van der Waals surface area contributed by atoms with Gasteiger partial charge in [0.15, 0.2) is 44.7 Å². The summed E-state index contributed by atoms with van der Waals surface area (Å²) in [4.78, 5) is 120. The Hall–Kier alpha value is -11.0. The SMILES string of the molecule is CCOC(=O)COc1cc(-c2ccc(Cl)c(F)c2)nc(-c2ccc(F)cc2)n1.CCOC(=O)COc1cc(-c2ccc(Cl)c(F)c2)nc(Cl)n1.CCOC(=O)COc1cc(Cl)nc(Cl)n1.CCOC(=O)COc1cc(Cl)nc(Cl)n1.CCOC(=O)COc1nc(Cl)cc(Cl)n1.Clc1cc(Cl)nc(Cl)n1.O=C([O-])COc1cc(-c2ccc(Cl)c(F)c2)nc(-c2ccc(F)cc2)n1.O[B]Oc1ccc(Cl)c(F)c1.[Na+]. The van der Waals surface area contributed by atoms with E-state index in [4.69, 9.17) is 205 Å². The number of aromatic nitrogens is 14. The molecule has 0 atom stereocenters. The summed E-state index contributed by atoms with van der Waals surface area (Å²) in [6.45, 7) is 7.72. The molecule has 13 aromatic rings. The molecule has 0 fully saturated rings. The van der Waals surface area contributed by atoms with Crippen LogP contribution in [0, 0.1) is 34.9 Å². The zero-order chi connectivity index (χ0) is 104. The molecule has 0 bridgehead atoms. The van der Waals surface area contributed by atoms with Crippen molar-refractivity contribution < 1.29 is 152 Å². The van der Waals surface area contributed by atoms with Gasteiger partial charge in [0.2, 0.25) is 50.5 Å². The first-order chi connectivity index (χ1) is 67.1. The zero-order valence-corrected chi connectivity index (χ0v) is 86.1. The van der Waals surface area contributed by atoms with Crippen molar-refractivity contribution in [3.05, 3.63) is 271 Å². The number of rotatable bonds is 30. The molecule has 0 aliphatic carbocycles. The van der Waals surface area contributed by atoms with E-state index in [2.05, 4.69) is 88.6 Å². The van der Waals surface area contributed by atoms with Crippen molar-refractivity contribution in [3.8, 4) is 97.7 Å². The molecule has 56 heteroatoms. The van der Waals surface area contributed by atoms with Gasteiger partial charge < -0.3 is 71.7 Å². The topological polar surface area (TPSA) is 437 Å². The van der Waals surface area contributed by atoms with Gasteiger partial charge in [0.05, 0.1) is 76.2 Å². The van der Waals surface area contributed by atoms with E-state index in [0.29, 0.717) is 66.7 Å². The fraction of sp³-hybridized carbons (Fsp3) is 0.186. The smallest absolute Gasteiger partial charge is 0.546 e. The second-order valence-corrected chi connectivity index (χ2v) is 30.5. The third kappa shape index (κ3) is 46.6. The van der Waals surface area contributed by atoms with E-state index >= 15 is 0 Å². The van der Waals surface area contributed by atoms with Gasteiger partial charge in [-0.3, -0.25) is 0 Å². The van der Waals surface area contributed by atoms with Crippen LogP contribution >= 0.6 is 162 Å². The second kappa shape index (κ2) is 64.6. The number of carboxylic acid groups (broad SMARTS) is 1. The fourth-order valence-electron chi connectivity index (χ4n) is 9.43. The van der Waals surface area contributed by atoms with Crippen molar-refractivity contribution >= 4 is 206 Å². The van der Waals surface area contributed by atoms with Gasteiger partial charge in [-0.1, -0.05) is 134 Å². The number of halogens is 20. The Kier molecular flexibility index (Phi) is 55.2. The van der Waals surface area contributed by atoms with Crippen LogP contribution in [0.5, 0.6) is 41.2 Å². The summed E-state index contributed by atoms with van der Waals surface area (Å²) in [6.07, 6.45) is 0. The summed E-state index contributed by atoms with van der Waals surface area (Å²) in [6, 6.07) is 37.0. The molecule has 743 valence electrons. The summed E-state index contributed by atoms with van der Waals surface area (Å²) in [5.41, 5.74) is 3.25. The molecular formula is C86H65BCl14F6N14NaO20. The molecule has 13 rings (SSSR count). The van der Waals surface area contributed by atoms with Gasteiger partial charge >= 0.3 is 73.1 Å². The molecular weight excluding hydrogens is 2190 g/mol. The van der Waals surface area contributed by atoms with Crippen molar-refractivity contribution in [2.45, 2.75) is 34.6 Å². The van der Waals surface area contributed by atoms with E-state index in [1.807, 2.05) is 0 Å². The number of carboxylic acids is 1. The number of carbonyl (C=O) groups is 6. The normalized spacial score (nSPS) is 10.1. The van der Waals surface area contributed by atoms with Crippen molar-refractivity contribution in [1.82, 2.24) is 69.8 Å². The van der Waals surface area contributed by atoms with E-state index in [1.54, 1.807) is 52.8 Å². The monoisotopic (exact) mass is 2250 g/mol. The minimum absolute atomic E-state index is 0. The number of benzene rings is 6. The summed E-state index contributed by atoms with van der Waals surface area (Å²) in [5.74, 6) is -6.23. The maximum Gasteiger partial charge on any atom is 1.00 e. The van der Waals surface area contributed by atoms with Crippen LogP contribution in [0.2, 0.25) is 72.1 Å². The first kappa shape index (κ1) is 121. The molecule has 34 nitrogen and oxygen atoms in total. The van der Waals surface area contributed by atoms with E-state index in [9.17, 15) is 60.2 Å². The van der Waals surface area contributed by atoms with Gasteiger partial charge in [0.1, 0.15) is 78.2 Å². The van der Waals surface area contributed by atoms with Crippen LogP contribution in [0.3, 0.4) is 0 Å². The Morgan fingerprint density at radius 1 is 0.296 bits per heavy atom. The van der Waals surface area contributed by atoms with Crippen molar-refractivity contribution in [3.63, 3.8) is 0 Å². The van der Waals surface area contributed by atoms with Crippen LogP contribution in [-0.4, -0.2) is 191 Å². The first-order valence-corrected chi connectivity index (χ1v) is 44.4. The van der Waals surface area contributed by atoms with Gasteiger partial charge in [-0.05, 0) is 178 Å². The van der Waals surface area contributed by atoms with Crippen molar-refractivity contribution in [1.29, 1.82) is 0 Å². The molecule has 0 amide bonds. The third-order valence-corrected chi connectivity index (χ3v) is 18.2. The van der Waals surface area contributed by atoms with E-state index in [0.717, 1.165) is 6.07 Å². The van der Waals surface area contributed by atoms with E-state index < -0.39 is 77.3 Å². The van der Waals surface area contributed by atoms with E-state index in [1.165, 1.54) is 140 Å². The van der Waals surface area contributed by atoms with Gasteiger partial charge in [0, 0.05) is 76.3 Å². The van der Waals surface area contributed by atoms with Gasteiger partial charge in [-0.15, -0.1) is 0 Å². The van der Waals surface area contributed by atoms with Crippen molar-refractivity contribution in [2.24, 2.45) is 0 Å². The van der Waals surface area contributed by atoms with E-state index in [-0.39, 0.29) is 206 Å². The standard InChI is InChI=1S/C20H15ClF2N2O3.C18H11ClF2N2O3.C14H11Cl2FN2O3.3C8H8Cl2N2O3.C6H4BClFO2.C4HCl3N2.Na/c1-2-27-19(26)11-28-18-10-17(13-5-8-15(21)16(23)9-13)24-20(25-18)12-3-6-14(22)7-4-12;19-13-6-3-11(7-14(13)21)15-8-16(26-9-17(24)25)23-18(22-15)10-1-4-12(20)5-2-10;1-2-21-13(20)7-22-12-6-11(18-14(16)19-12)8-3-4-9(15)10(17)5-8;2*1-2-14-7(13)4-15-6-3-5(9)11-8(10)12-6;1-2-14-7(13)4-15-8-11-5(9)3-6(10)12-8;8-5-2-1-4(11-7-10)3-6(5)9;5-2-1-3(6)9-4(7)8-2;/h3-10H,2,11H2,1H3;1-8H,9H2,(H,24,25);3-6H,2,7H2,1H3;3*3H,2,4H2,1H3;1-3,10H;1H;/q;;;;;;;;+1/p-1. The molecule has 0 saturated heterocycles. The summed E-state index contributed by atoms with van der Waals surface area (Å²) < 4.78 is 139. The maximum atomic E-state index is 13.9. The average Bonchev–Trinajstić information content (AvgIpc) is 0.810. The summed E-state index contributed by atoms with van der Waals surface area (Å²) in [7, 11) is 0.475. The molecule has 7 heterocycles. The molecule has 7 aromatic heterocycles. The Morgan fingerprint density at radius 2 is 0.556 bits per heavy atom. The first-order valence-electron chi connectivity index (χ1n) is 39.1. The number of ether oxygens (including phenoxy) is 11. The number of hydrogen-bond donors (Lipinski definition) is 1. The fourth-order valence-corrected chi connectivity index (χ4v) is 12.0.